The molecule has 0 aliphatic rings. The van der Waals surface area contributed by atoms with E-state index in [0.29, 0.717) is 33.5 Å². The first-order valence-electron chi connectivity index (χ1n) is 8.03. The van der Waals surface area contributed by atoms with E-state index in [2.05, 4.69) is 15.3 Å². The lowest BCUT2D eigenvalue weighted by Gasteiger charge is -2.16. The lowest BCUT2D eigenvalue weighted by Crippen LogP contribution is -2.27. The number of aromatic amines is 1. The van der Waals surface area contributed by atoms with Gasteiger partial charge in [-0.25, -0.2) is 0 Å². The van der Waals surface area contributed by atoms with Crippen molar-refractivity contribution in [1.29, 1.82) is 0 Å². The molecule has 0 aliphatic carbocycles. The summed E-state index contributed by atoms with van der Waals surface area (Å²) in [7, 11) is 3.65. The standard InChI is InChI=1S/C18H19Cl2N5O/c1-10-14(11(2)25(4)23-10)9-24(3)18(26)17-8-16(21-22-17)13-6-5-12(19)7-15(13)20/h5-8H,9H2,1-4H3,(H,21,22). The van der Waals surface area contributed by atoms with Crippen LogP contribution >= 0.6 is 23.2 Å². The van der Waals surface area contributed by atoms with Gasteiger partial charge in [-0.15, -0.1) is 0 Å². The van der Waals surface area contributed by atoms with Crippen LogP contribution in [0.25, 0.3) is 11.3 Å². The molecule has 2 aromatic heterocycles. The van der Waals surface area contributed by atoms with Gasteiger partial charge < -0.3 is 4.90 Å². The van der Waals surface area contributed by atoms with E-state index in [1.54, 1.807) is 36.2 Å². The number of rotatable bonds is 4. The number of halogens is 2. The van der Waals surface area contributed by atoms with Crippen molar-refractivity contribution in [2.24, 2.45) is 7.05 Å². The molecule has 6 nitrogen and oxygen atoms in total. The van der Waals surface area contributed by atoms with Crippen molar-refractivity contribution in [2.45, 2.75) is 20.4 Å². The van der Waals surface area contributed by atoms with Gasteiger partial charge >= 0.3 is 0 Å². The van der Waals surface area contributed by atoms with Crippen LogP contribution < -0.4 is 0 Å². The molecule has 1 N–H and O–H groups in total. The number of hydrogen-bond acceptors (Lipinski definition) is 3. The predicted octanol–water partition coefficient (Wildman–Crippen LogP) is 4.01. The monoisotopic (exact) mass is 391 g/mol. The predicted molar refractivity (Wildman–Crippen MR) is 103 cm³/mol. The van der Waals surface area contributed by atoms with E-state index < -0.39 is 0 Å². The Hall–Kier alpha value is -2.31. The maximum atomic E-state index is 12.7. The second kappa shape index (κ2) is 7.13. The maximum Gasteiger partial charge on any atom is 0.271 e. The molecule has 0 unspecified atom stereocenters. The van der Waals surface area contributed by atoms with Crippen molar-refractivity contribution >= 4 is 29.1 Å². The molecule has 8 heteroatoms. The van der Waals surface area contributed by atoms with Gasteiger partial charge in [0.05, 0.1) is 16.4 Å². The van der Waals surface area contributed by atoms with E-state index in [-0.39, 0.29) is 5.91 Å². The highest BCUT2D eigenvalue weighted by molar-refractivity contribution is 6.36. The molecule has 2 heterocycles. The Kier molecular flexibility index (Phi) is 5.07. The third-order valence-electron chi connectivity index (χ3n) is 4.42. The highest BCUT2D eigenvalue weighted by Gasteiger charge is 2.19. The zero-order chi connectivity index (χ0) is 19.0. The molecule has 0 saturated carbocycles. The van der Waals surface area contributed by atoms with E-state index >= 15 is 0 Å². The van der Waals surface area contributed by atoms with Crippen LogP contribution in [0.1, 0.15) is 27.4 Å². The summed E-state index contributed by atoms with van der Waals surface area (Å²) >= 11 is 12.1. The SMILES string of the molecule is Cc1nn(C)c(C)c1CN(C)C(=O)c1cc(-c2ccc(Cl)cc2Cl)n[nH]1. The Labute approximate surface area is 161 Å². The van der Waals surface area contributed by atoms with Gasteiger partial charge in [-0.3, -0.25) is 14.6 Å². The topological polar surface area (TPSA) is 66.8 Å². The first-order chi connectivity index (χ1) is 12.3. The number of benzene rings is 1. The molecule has 0 spiro atoms. The first kappa shape index (κ1) is 18.5. The van der Waals surface area contributed by atoms with Crippen LogP contribution in [0.4, 0.5) is 0 Å². The highest BCUT2D eigenvalue weighted by Crippen LogP contribution is 2.29. The fraction of sp³-hybridized carbons (Fsp3) is 0.278. The van der Waals surface area contributed by atoms with Crippen molar-refractivity contribution < 1.29 is 4.79 Å². The highest BCUT2D eigenvalue weighted by atomic mass is 35.5. The average Bonchev–Trinajstić information content (AvgIpc) is 3.15. The average molecular weight is 392 g/mol. The minimum absolute atomic E-state index is 0.156. The maximum absolute atomic E-state index is 12.7. The van der Waals surface area contributed by atoms with Gasteiger partial charge in [0.15, 0.2) is 0 Å². The smallest absolute Gasteiger partial charge is 0.271 e. The van der Waals surface area contributed by atoms with Gasteiger partial charge in [0.2, 0.25) is 0 Å². The summed E-state index contributed by atoms with van der Waals surface area (Å²) in [6.07, 6.45) is 0. The summed E-state index contributed by atoms with van der Waals surface area (Å²) in [6.45, 7) is 4.41. The van der Waals surface area contributed by atoms with Gasteiger partial charge in [-0.05, 0) is 38.1 Å². The Bertz CT molecular complexity index is 976. The molecule has 0 radical (unpaired) electrons. The van der Waals surface area contributed by atoms with Gasteiger partial charge in [0.25, 0.3) is 5.91 Å². The van der Waals surface area contributed by atoms with Crippen LogP contribution in [0, 0.1) is 13.8 Å². The van der Waals surface area contributed by atoms with E-state index in [0.717, 1.165) is 17.0 Å². The van der Waals surface area contributed by atoms with Gasteiger partial charge in [-0.1, -0.05) is 23.2 Å². The molecule has 0 saturated heterocycles. The zero-order valence-electron chi connectivity index (χ0n) is 15.0. The van der Waals surface area contributed by atoms with Crippen molar-refractivity contribution in [3.8, 4) is 11.3 Å². The summed E-state index contributed by atoms with van der Waals surface area (Å²) in [5.74, 6) is -0.156. The molecule has 1 amide bonds. The number of aromatic nitrogens is 4. The van der Waals surface area contributed by atoms with Gasteiger partial charge in [0.1, 0.15) is 5.69 Å². The zero-order valence-corrected chi connectivity index (χ0v) is 16.5. The number of hydrogen-bond donors (Lipinski definition) is 1. The number of amides is 1. The molecule has 26 heavy (non-hydrogen) atoms. The van der Waals surface area contributed by atoms with E-state index in [4.69, 9.17) is 23.2 Å². The second-order valence-electron chi connectivity index (χ2n) is 6.23. The molecule has 0 bridgehead atoms. The normalized spacial score (nSPS) is 11.0. The Morgan fingerprint density at radius 3 is 2.62 bits per heavy atom. The quantitative estimate of drug-likeness (QED) is 0.730. The van der Waals surface area contributed by atoms with E-state index in [1.807, 2.05) is 25.6 Å². The third kappa shape index (κ3) is 3.48. The van der Waals surface area contributed by atoms with Crippen molar-refractivity contribution in [1.82, 2.24) is 24.9 Å². The third-order valence-corrected chi connectivity index (χ3v) is 4.96. The summed E-state index contributed by atoms with van der Waals surface area (Å²) in [5, 5.41) is 12.4. The van der Waals surface area contributed by atoms with Crippen LogP contribution in [0.2, 0.25) is 10.0 Å². The molecule has 1 aromatic carbocycles. The minimum Gasteiger partial charge on any atom is -0.336 e. The molecule has 136 valence electrons. The molecule has 0 fully saturated rings. The van der Waals surface area contributed by atoms with Crippen LogP contribution in [0.3, 0.4) is 0 Å². The number of H-pyrrole nitrogens is 1. The van der Waals surface area contributed by atoms with E-state index in [1.165, 1.54) is 0 Å². The first-order valence-corrected chi connectivity index (χ1v) is 8.79. The largest absolute Gasteiger partial charge is 0.336 e. The lowest BCUT2D eigenvalue weighted by molar-refractivity contribution is 0.0779. The minimum atomic E-state index is -0.156. The Morgan fingerprint density at radius 1 is 1.27 bits per heavy atom. The van der Waals surface area contributed by atoms with Crippen LogP contribution in [-0.2, 0) is 13.6 Å². The molecule has 3 aromatic rings. The number of carbonyl (C=O) groups excluding carboxylic acids is 1. The Balaban J connectivity index is 1.81. The lowest BCUT2D eigenvalue weighted by atomic mass is 10.1. The summed E-state index contributed by atoms with van der Waals surface area (Å²) in [6, 6.07) is 6.85. The van der Waals surface area contributed by atoms with Crippen LogP contribution in [0.5, 0.6) is 0 Å². The van der Waals surface area contributed by atoms with Gasteiger partial charge in [-0.2, -0.15) is 10.2 Å². The molecule has 0 aliphatic heterocycles. The fourth-order valence-corrected chi connectivity index (χ4v) is 3.33. The van der Waals surface area contributed by atoms with Crippen molar-refractivity contribution in [3.05, 3.63) is 57.0 Å². The fourth-order valence-electron chi connectivity index (χ4n) is 2.83. The van der Waals surface area contributed by atoms with Crippen LogP contribution in [-0.4, -0.2) is 37.8 Å². The number of carbonyl (C=O) groups is 1. The summed E-state index contributed by atoms with van der Waals surface area (Å²) < 4.78 is 1.82. The van der Waals surface area contributed by atoms with Gasteiger partial charge in [0, 0.05) is 42.5 Å². The molecule has 0 atom stereocenters. The number of nitrogens with zero attached hydrogens (tertiary/aromatic N) is 4. The van der Waals surface area contributed by atoms with Crippen molar-refractivity contribution in [2.75, 3.05) is 7.05 Å². The number of aryl methyl sites for hydroxylation is 2. The molecular formula is C18H19Cl2N5O. The molecule has 3 rings (SSSR count). The second-order valence-corrected chi connectivity index (χ2v) is 7.07. The van der Waals surface area contributed by atoms with E-state index in [9.17, 15) is 4.79 Å². The Morgan fingerprint density at radius 2 is 2.00 bits per heavy atom. The summed E-state index contributed by atoms with van der Waals surface area (Å²) in [5.41, 5.74) is 4.71. The van der Waals surface area contributed by atoms with Crippen LogP contribution in [0.15, 0.2) is 24.3 Å². The summed E-state index contributed by atoms with van der Waals surface area (Å²) in [4.78, 5) is 14.4. The number of nitrogens with one attached hydrogen (secondary N) is 1. The molecular weight excluding hydrogens is 373 g/mol. The van der Waals surface area contributed by atoms with Crippen molar-refractivity contribution in [3.63, 3.8) is 0 Å².